The lowest BCUT2D eigenvalue weighted by Gasteiger charge is -2.33. The molecule has 20 heavy (non-hydrogen) atoms. The number of unbranched alkanes of at least 4 members (excludes halogenated alkanes) is 5. The van der Waals surface area contributed by atoms with Gasteiger partial charge in [0, 0.05) is 18.6 Å². The van der Waals surface area contributed by atoms with Crippen LogP contribution in [0.4, 0.5) is 0 Å². The second kappa shape index (κ2) is 13.9. The third kappa shape index (κ3) is 9.77. The van der Waals surface area contributed by atoms with Gasteiger partial charge in [0.2, 0.25) is 0 Å². The molecule has 0 saturated carbocycles. The molecule has 0 aromatic rings. The Bertz CT molecular complexity index is 184. The number of hydrogen-bond acceptors (Lipinski definition) is 2. The van der Waals surface area contributed by atoms with Crippen LogP contribution < -0.4 is 0 Å². The number of ether oxygens (including phenoxy) is 2. The molecule has 0 bridgehead atoms. The minimum Gasteiger partial charge on any atom is -0.381 e. The third-order valence-corrected chi connectivity index (χ3v) is 4.10. The van der Waals surface area contributed by atoms with Crippen LogP contribution in [0.5, 0.6) is 0 Å². The summed E-state index contributed by atoms with van der Waals surface area (Å²) in [5.41, 5.74) is 0.259. The van der Waals surface area contributed by atoms with E-state index in [1.165, 1.54) is 57.8 Å². The Hall–Kier alpha value is -0.0800. The lowest BCUT2D eigenvalue weighted by molar-refractivity contribution is -0.0290. The number of rotatable bonds is 15. The zero-order valence-corrected chi connectivity index (χ0v) is 14.5. The first-order chi connectivity index (χ1) is 9.74. The molecule has 0 aromatic heterocycles. The molecule has 0 atom stereocenters. The van der Waals surface area contributed by atoms with Crippen LogP contribution >= 0.6 is 0 Å². The molecule has 0 unspecified atom stereocenters. The maximum Gasteiger partial charge on any atom is 0.0544 e. The Morgan fingerprint density at radius 3 is 1.50 bits per heavy atom. The van der Waals surface area contributed by atoms with Crippen molar-refractivity contribution in [1.29, 1.82) is 0 Å². The van der Waals surface area contributed by atoms with E-state index in [-0.39, 0.29) is 5.41 Å². The van der Waals surface area contributed by atoms with Gasteiger partial charge >= 0.3 is 0 Å². The average molecular weight is 286 g/mol. The van der Waals surface area contributed by atoms with Crippen LogP contribution in [0, 0.1) is 5.41 Å². The molecule has 0 fully saturated rings. The van der Waals surface area contributed by atoms with Gasteiger partial charge in [0.15, 0.2) is 0 Å². The van der Waals surface area contributed by atoms with Gasteiger partial charge < -0.3 is 9.47 Å². The Balaban J connectivity index is 4.43. The molecule has 0 rings (SSSR count). The molecule has 0 N–H and O–H groups in total. The van der Waals surface area contributed by atoms with E-state index < -0.39 is 0 Å². The molecule has 2 heteroatoms. The van der Waals surface area contributed by atoms with Crippen LogP contribution in [0.2, 0.25) is 0 Å². The van der Waals surface area contributed by atoms with E-state index in [0.717, 1.165) is 26.4 Å². The van der Waals surface area contributed by atoms with Crippen molar-refractivity contribution in [3.05, 3.63) is 0 Å². The molecule has 0 radical (unpaired) electrons. The van der Waals surface area contributed by atoms with Gasteiger partial charge in [0.1, 0.15) is 0 Å². The van der Waals surface area contributed by atoms with E-state index >= 15 is 0 Å². The molecular formula is C18H38O2. The summed E-state index contributed by atoms with van der Waals surface area (Å²) in [6.45, 7) is 12.1. The van der Waals surface area contributed by atoms with E-state index in [2.05, 4.69) is 27.7 Å². The van der Waals surface area contributed by atoms with Gasteiger partial charge in [-0.05, 0) is 26.7 Å². The molecule has 122 valence electrons. The van der Waals surface area contributed by atoms with Gasteiger partial charge in [-0.1, -0.05) is 58.8 Å². The first-order valence-corrected chi connectivity index (χ1v) is 8.90. The van der Waals surface area contributed by atoms with Crippen LogP contribution in [-0.4, -0.2) is 26.4 Å². The monoisotopic (exact) mass is 286 g/mol. The molecule has 0 aliphatic heterocycles. The molecule has 0 aliphatic rings. The lowest BCUT2D eigenvalue weighted by atomic mass is 9.79. The standard InChI is InChI=1S/C18H38O2/c1-5-9-11-13-15-18(16-19-7-3,17-20-8-4)14-12-10-6-2/h5-17H2,1-4H3. The van der Waals surface area contributed by atoms with Gasteiger partial charge in [0.05, 0.1) is 13.2 Å². The van der Waals surface area contributed by atoms with E-state index in [9.17, 15) is 0 Å². The smallest absolute Gasteiger partial charge is 0.0544 e. The SMILES string of the molecule is CCCCCCC(CCCCC)(COCC)COCC. The Morgan fingerprint density at radius 1 is 0.600 bits per heavy atom. The minimum atomic E-state index is 0.259. The van der Waals surface area contributed by atoms with Crippen molar-refractivity contribution in [2.45, 2.75) is 85.5 Å². The predicted octanol–water partition coefficient (Wildman–Crippen LogP) is 5.60. The predicted molar refractivity (Wildman–Crippen MR) is 88.3 cm³/mol. The molecule has 2 nitrogen and oxygen atoms in total. The van der Waals surface area contributed by atoms with Crippen molar-refractivity contribution in [2.75, 3.05) is 26.4 Å². The molecule has 0 amide bonds. The van der Waals surface area contributed by atoms with E-state index in [1.807, 2.05) is 0 Å². The molecule has 0 aromatic carbocycles. The van der Waals surface area contributed by atoms with Gasteiger partial charge in [-0.3, -0.25) is 0 Å². The minimum absolute atomic E-state index is 0.259. The normalized spacial score (nSPS) is 12.0. The Kier molecular flexibility index (Phi) is 13.8. The molecule has 0 aliphatic carbocycles. The average Bonchev–Trinajstić information content (AvgIpc) is 2.47. The second-order valence-corrected chi connectivity index (χ2v) is 6.04. The Labute approximate surface area is 127 Å². The van der Waals surface area contributed by atoms with E-state index in [0.29, 0.717) is 0 Å². The fourth-order valence-electron chi connectivity index (χ4n) is 2.77. The zero-order valence-electron chi connectivity index (χ0n) is 14.5. The fourth-order valence-corrected chi connectivity index (χ4v) is 2.77. The van der Waals surface area contributed by atoms with Crippen molar-refractivity contribution >= 4 is 0 Å². The van der Waals surface area contributed by atoms with E-state index in [4.69, 9.17) is 9.47 Å². The molecule has 0 spiro atoms. The highest BCUT2D eigenvalue weighted by atomic mass is 16.5. The highest BCUT2D eigenvalue weighted by Gasteiger charge is 2.29. The van der Waals surface area contributed by atoms with Crippen molar-refractivity contribution in [1.82, 2.24) is 0 Å². The fraction of sp³-hybridized carbons (Fsp3) is 1.00. The summed E-state index contributed by atoms with van der Waals surface area (Å²) in [4.78, 5) is 0. The summed E-state index contributed by atoms with van der Waals surface area (Å²) in [6.07, 6.45) is 11.8. The first kappa shape index (κ1) is 19.9. The molecule has 0 heterocycles. The van der Waals surface area contributed by atoms with Crippen molar-refractivity contribution < 1.29 is 9.47 Å². The van der Waals surface area contributed by atoms with Gasteiger partial charge in [-0.2, -0.15) is 0 Å². The van der Waals surface area contributed by atoms with Gasteiger partial charge in [-0.25, -0.2) is 0 Å². The zero-order chi connectivity index (χ0) is 15.1. The van der Waals surface area contributed by atoms with Crippen LogP contribution in [0.15, 0.2) is 0 Å². The number of hydrogen-bond donors (Lipinski definition) is 0. The summed E-state index contributed by atoms with van der Waals surface area (Å²) < 4.78 is 11.6. The summed E-state index contributed by atoms with van der Waals surface area (Å²) in [6, 6.07) is 0. The van der Waals surface area contributed by atoms with Crippen LogP contribution in [-0.2, 0) is 9.47 Å². The lowest BCUT2D eigenvalue weighted by Crippen LogP contribution is -2.33. The quantitative estimate of drug-likeness (QED) is 0.365. The summed E-state index contributed by atoms with van der Waals surface area (Å²) in [5, 5.41) is 0. The van der Waals surface area contributed by atoms with Crippen molar-refractivity contribution in [2.24, 2.45) is 5.41 Å². The van der Waals surface area contributed by atoms with Crippen LogP contribution in [0.3, 0.4) is 0 Å². The van der Waals surface area contributed by atoms with Crippen LogP contribution in [0.25, 0.3) is 0 Å². The summed E-state index contributed by atoms with van der Waals surface area (Å²) in [5.74, 6) is 0. The van der Waals surface area contributed by atoms with E-state index in [1.54, 1.807) is 0 Å². The first-order valence-electron chi connectivity index (χ1n) is 8.90. The largest absolute Gasteiger partial charge is 0.381 e. The highest BCUT2D eigenvalue weighted by molar-refractivity contribution is 4.79. The Morgan fingerprint density at radius 2 is 1.05 bits per heavy atom. The van der Waals surface area contributed by atoms with Gasteiger partial charge in [-0.15, -0.1) is 0 Å². The second-order valence-electron chi connectivity index (χ2n) is 6.04. The topological polar surface area (TPSA) is 18.5 Å². The van der Waals surface area contributed by atoms with Crippen LogP contribution in [0.1, 0.15) is 85.5 Å². The molecular weight excluding hydrogens is 248 g/mol. The van der Waals surface area contributed by atoms with Gasteiger partial charge in [0.25, 0.3) is 0 Å². The molecule has 0 saturated heterocycles. The highest BCUT2D eigenvalue weighted by Crippen LogP contribution is 2.33. The maximum atomic E-state index is 5.80. The van der Waals surface area contributed by atoms with Crippen molar-refractivity contribution in [3.63, 3.8) is 0 Å². The third-order valence-electron chi connectivity index (χ3n) is 4.10. The van der Waals surface area contributed by atoms with Crippen molar-refractivity contribution in [3.8, 4) is 0 Å². The summed E-state index contributed by atoms with van der Waals surface area (Å²) >= 11 is 0. The maximum absolute atomic E-state index is 5.80. The summed E-state index contributed by atoms with van der Waals surface area (Å²) in [7, 11) is 0.